The molecule has 1 aliphatic rings. The Balaban J connectivity index is 2.37. The van der Waals surface area contributed by atoms with Crippen molar-refractivity contribution in [3.8, 4) is 0 Å². The topological polar surface area (TPSA) is 67.5 Å². The molecule has 0 aromatic heterocycles. The smallest absolute Gasteiger partial charge is 0.0484 e. The van der Waals surface area contributed by atoms with E-state index in [1.54, 1.807) is 0 Å². The Hall–Kier alpha value is -0.160. The molecule has 1 rings (SSSR count). The fourth-order valence-corrected chi connectivity index (χ4v) is 1.89. The quantitative estimate of drug-likeness (QED) is 0.543. The van der Waals surface area contributed by atoms with Crippen LogP contribution in [-0.2, 0) is 4.74 Å². The van der Waals surface area contributed by atoms with E-state index in [1.165, 1.54) is 0 Å². The molecule has 0 amide bonds. The van der Waals surface area contributed by atoms with Crippen LogP contribution in [0.15, 0.2) is 0 Å². The number of aliphatic hydroxyl groups excluding tert-OH is 1. The first-order valence-corrected chi connectivity index (χ1v) is 5.47. The minimum absolute atomic E-state index is 0.0473. The second-order valence-electron chi connectivity index (χ2n) is 3.95. The molecule has 1 heterocycles. The number of aliphatic hydroxyl groups is 1. The lowest BCUT2D eigenvalue weighted by molar-refractivity contribution is 0.136. The van der Waals surface area contributed by atoms with E-state index in [0.29, 0.717) is 6.54 Å². The molecule has 0 aromatic rings. The third-order valence-electron chi connectivity index (χ3n) is 2.89. The van der Waals surface area contributed by atoms with Gasteiger partial charge in [0.15, 0.2) is 0 Å². The van der Waals surface area contributed by atoms with Crippen molar-refractivity contribution in [2.24, 2.45) is 5.73 Å². The third kappa shape index (κ3) is 3.53. The Labute approximate surface area is 85.8 Å². The van der Waals surface area contributed by atoms with E-state index in [2.05, 4.69) is 5.32 Å². The molecule has 0 radical (unpaired) electrons. The Kier molecular flexibility index (Phi) is 5.40. The van der Waals surface area contributed by atoms with E-state index in [0.717, 1.165) is 45.4 Å². The maximum Gasteiger partial charge on any atom is 0.0484 e. The highest BCUT2D eigenvalue weighted by Gasteiger charge is 2.28. The molecule has 14 heavy (non-hydrogen) atoms. The molecule has 1 saturated heterocycles. The van der Waals surface area contributed by atoms with Gasteiger partial charge in [-0.05, 0) is 32.2 Å². The lowest BCUT2D eigenvalue weighted by Crippen LogP contribution is -2.51. The summed E-state index contributed by atoms with van der Waals surface area (Å²) in [5.74, 6) is 0. The molecule has 4 heteroatoms. The minimum atomic E-state index is 0.0473. The molecule has 0 aliphatic carbocycles. The summed E-state index contributed by atoms with van der Waals surface area (Å²) in [5, 5.41) is 12.2. The molecule has 84 valence electrons. The summed E-state index contributed by atoms with van der Waals surface area (Å²) in [7, 11) is 0. The summed E-state index contributed by atoms with van der Waals surface area (Å²) in [6.07, 6.45) is 3.93. The molecule has 4 nitrogen and oxygen atoms in total. The molecule has 0 saturated carbocycles. The zero-order chi connectivity index (χ0) is 10.3. The average molecular weight is 202 g/mol. The van der Waals surface area contributed by atoms with Gasteiger partial charge in [-0.15, -0.1) is 0 Å². The highest BCUT2D eigenvalue weighted by atomic mass is 16.5. The van der Waals surface area contributed by atoms with Crippen LogP contribution in [0.25, 0.3) is 0 Å². The van der Waals surface area contributed by atoms with Gasteiger partial charge in [0.2, 0.25) is 0 Å². The molecule has 1 fully saturated rings. The average Bonchev–Trinajstić information content (AvgIpc) is 2.45. The Morgan fingerprint density at radius 2 is 2.21 bits per heavy atom. The monoisotopic (exact) mass is 202 g/mol. The van der Waals surface area contributed by atoms with E-state index in [-0.39, 0.29) is 12.1 Å². The van der Waals surface area contributed by atoms with Crippen molar-refractivity contribution in [3.05, 3.63) is 0 Å². The lowest BCUT2D eigenvalue weighted by Gasteiger charge is -2.32. The highest BCUT2D eigenvalue weighted by molar-refractivity contribution is 4.90. The van der Waals surface area contributed by atoms with E-state index in [4.69, 9.17) is 15.6 Å². The fraction of sp³-hybridized carbons (Fsp3) is 1.00. The molecule has 0 bridgehead atoms. The summed E-state index contributed by atoms with van der Waals surface area (Å²) in [5.41, 5.74) is 5.86. The van der Waals surface area contributed by atoms with Crippen LogP contribution in [0, 0.1) is 0 Å². The van der Waals surface area contributed by atoms with Crippen molar-refractivity contribution in [3.63, 3.8) is 0 Å². The van der Waals surface area contributed by atoms with Crippen LogP contribution in [0.3, 0.4) is 0 Å². The van der Waals surface area contributed by atoms with Crippen molar-refractivity contribution >= 4 is 0 Å². The number of nitrogens with one attached hydrogen (secondary N) is 1. The van der Waals surface area contributed by atoms with Crippen LogP contribution in [0.1, 0.15) is 25.7 Å². The van der Waals surface area contributed by atoms with Crippen LogP contribution in [0.4, 0.5) is 0 Å². The predicted molar refractivity (Wildman–Crippen MR) is 56.2 cm³/mol. The summed E-state index contributed by atoms with van der Waals surface area (Å²) in [4.78, 5) is 0. The Morgan fingerprint density at radius 3 is 2.93 bits per heavy atom. The van der Waals surface area contributed by atoms with E-state index >= 15 is 0 Å². The van der Waals surface area contributed by atoms with E-state index < -0.39 is 0 Å². The van der Waals surface area contributed by atoms with Gasteiger partial charge in [-0.2, -0.15) is 0 Å². The summed E-state index contributed by atoms with van der Waals surface area (Å²) >= 11 is 0. The van der Waals surface area contributed by atoms with Crippen LogP contribution < -0.4 is 11.1 Å². The van der Waals surface area contributed by atoms with Crippen LogP contribution in [0.2, 0.25) is 0 Å². The first kappa shape index (κ1) is 11.9. The van der Waals surface area contributed by atoms with Crippen molar-refractivity contribution in [1.29, 1.82) is 0 Å². The molecule has 1 unspecified atom stereocenters. The number of ether oxygens (including phenoxy) is 1. The maximum atomic E-state index is 8.71. The van der Waals surface area contributed by atoms with Gasteiger partial charge in [0, 0.05) is 31.9 Å². The van der Waals surface area contributed by atoms with Gasteiger partial charge in [0.05, 0.1) is 0 Å². The molecule has 0 aromatic carbocycles. The molecular weight excluding hydrogens is 180 g/mol. The standard InChI is InChI=1S/C10H22N2O2/c11-9-10(12-5-2-6-13)3-1-7-14-8-4-10/h12-13H,1-9,11H2. The normalized spacial score (nSPS) is 28.7. The minimum Gasteiger partial charge on any atom is -0.396 e. The first-order valence-electron chi connectivity index (χ1n) is 5.47. The second-order valence-corrected chi connectivity index (χ2v) is 3.95. The zero-order valence-corrected chi connectivity index (χ0v) is 8.80. The second kappa shape index (κ2) is 6.35. The third-order valence-corrected chi connectivity index (χ3v) is 2.89. The molecule has 0 spiro atoms. The molecule has 1 atom stereocenters. The predicted octanol–water partition coefficient (Wildman–Crippen LogP) is -0.144. The number of nitrogens with two attached hydrogens (primary N) is 1. The first-order chi connectivity index (χ1) is 6.83. The Morgan fingerprint density at radius 1 is 1.36 bits per heavy atom. The van der Waals surface area contributed by atoms with Gasteiger partial charge in [0.25, 0.3) is 0 Å². The van der Waals surface area contributed by atoms with Crippen molar-refractivity contribution < 1.29 is 9.84 Å². The van der Waals surface area contributed by atoms with E-state index in [1.807, 2.05) is 0 Å². The maximum absolute atomic E-state index is 8.71. The lowest BCUT2D eigenvalue weighted by atomic mass is 9.90. The van der Waals surface area contributed by atoms with Crippen molar-refractivity contribution in [1.82, 2.24) is 5.32 Å². The van der Waals surface area contributed by atoms with Crippen LogP contribution in [-0.4, -0.2) is 43.6 Å². The van der Waals surface area contributed by atoms with Crippen molar-refractivity contribution in [2.45, 2.75) is 31.2 Å². The number of hydrogen-bond donors (Lipinski definition) is 3. The van der Waals surface area contributed by atoms with Crippen LogP contribution in [0.5, 0.6) is 0 Å². The largest absolute Gasteiger partial charge is 0.396 e. The summed E-state index contributed by atoms with van der Waals surface area (Å²) in [6, 6.07) is 0. The van der Waals surface area contributed by atoms with Gasteiger partial charge in [-0.25, -0.2) is 0 Å². The number of rotatable bonds is 5. The molecular formula is C10H22N2O2. The fourth-order valence-electron chi connectivity index (χ4n) is 1.89. The summed E-state index contributed by atoms with van der Waals surface area (Å²) in [6.45, 7) is 3.38. The Bertz CT molecular complexity index is 145. The van der Waals surface area contributed by atoms with Gasteiger partial charge in [0.1, 0.15) is 0 Å². The zero-order valence-electron chi connectivity index (χ0n) is 8.80. The highest BCUT2D eigenvalue weighted by Crippen LogP contribution is 2.19. The van der Waals surface area contributed by atoms with Gasteiger partial charge >= 0.3 is 0 Å². The van der Waals surface area contributed by atoms with Gasteiger partial charge in [-0.3, -0.25) is 0 Å². The van der Waals surface area contributed by atoms with Gasteiger partial charge < -0.3 is 20.9 Å². The summed E-state index contributed by atoms with van der Waals surface area (Å²) < 4.78 is 5.41. The molecule has 4 N–H and O–H groups in total. The van der Waals surface area contributed by atoms with Gasteiger partial charge in [-0.1, -0.05) is 0 Å². The van der Waals surface area contributed by atoms with E-state index in [9.17, 15) is 0 Å². The SMILES string of the molecule is NCC1(NCCCO)CCCOCC1. The number of hydrogen-bond acceptors (Lipinski definition) is 4. The molecule has 1 aliphatic heterocycles. The van der Waals surface area contributed by atoms with Crippen molar-refractivity contribution in [2.75, 3.05) is 32.9 Å². The van der Waals surface area contributed by atoms with Crippen LogP contribution >= 0.6 is 0 Å².